The molecule has 0 aliphatic carbocycles. The molecule has 0 aliphatic heterocycles. The van der Waals surface area contributed by atoms with Crippen LogP contribution in [-0.4, -0.2) is 35.6 Å². The standard InChI is InChI=1S/C28H25F2NO5/c1-17-14-25(18(2)31(17)22-9-12-23(13-10-22)36-28(29)30)27(33)19(3)35-26(32)16-34-24-11-8-20-6-4-5-7-21(20)15-24/h4-15,19,28H,16H2,1-3H3. The maximum atomic E-state index is 13.1. The average molecular weight is 494 g/mol. The van der Waals surface area contributed by atoms with E-state index >= 15 is 0 Å². The summed E-state index contributed by atoms with van der Waals surface area (Å²) in [5.74, 6) is -0.449. The quantitative estimate of drug-likeness (QED) is 0.210. The Morgan fingerprint density at radius 3 is 2.25 bits per heavy atom. The number of carbonyl (C=O) groups is 2. The number of rotatable bonds is 9. The van der Waals surface area contributed by atoms with E-state index in [0.29, 0.717) is 22.7 Å². The summed E-state index contributed by atoms with van der Waals surface area (Å²) in [5.41, 5.74) is 2.47. The highest BCUT2D eigenvalue weighted by Crippen LogP contribution is 2.25. The van der Waals surface area contributed by atoms with Crippen LogP contribution in [0.15, 0.2) is 72.8 Å². The largest absolute Gasteiger partial charge is 0.482 e. The van der Waals surface area contributed by atoms with E-state index in [9.17, 15) is 18.4 Å². The van der Waals surface area contributed by atoms with Gasteiger partial charge in [0.05, 0.1) is 0 Å². The van der Waals surface area contributed by atoms with Crippen LogP contribution in [0.4, 0.5) is 8.78 Å². The minimum atomic E-state index is -2.91. The molecule has 4 aromatic rings. The molecule has 1 atom stereocenters. The van der Waals surface area contributed by atoms with E-state index in [2.05, 4.69) is 4.74 Å². The second-order valence-electron chi connectivity index (χ2n) is 8.29. The molecule has 8 heteroatoms. The molecule has 0 radical (unpaired) electrons. The van der Waals surface area contributed by atoms with Gasteiger partial charge in [-0.25, -0.2) is 4.79 Å². The Labute approximate surface area is 207 Å². The lowest BCUT2D eigenvalue weighted by molar-refractivity contribution is -0.148. The summed E-state index contributed by atoms with van der Waals surface area (Å²) in [4.78, 5) is 25.4. The maximum Gasteiger partial charge on any atom is 0.387 e. The average Bonchev–Trinajstić information content (AvgIpc) is 3.15. The van der Waals surface area contributed by atoms with Gasteiger partial charge in [-0.3, -0.25) is 4.79 Å². The zero-order valence-electron chi connectivity index (χ0n) is 20.0. The van der Waals surface area contributed by atoms with Crippen LogP contribution in [-0.2, 0) is 9.53 Å². The van der Waals surface area contributed by atoms with Gasteiger partial charge in [-0.05, 0) is 74.0 Å². The lowest BCUT2D eigenvalue weighted by atomic mass is 10.1. The Morgan fingerprint density at radius 2 is 1.56 bits per heavy atom. The Bertz CT molecular complexity index is 1400. The Kier molecular flexibility index (Phi) is 7.33. The van der Waals surface area contributed by atoms with Crippen LogP contribution in [0.2, 0.25) is 0 Å². The van der Waals surface area contributed by atoms with Crippen molar-refractivity contribution in [2.45, 2.75) is 33.5 Å². The second-order valence-corrected chi connectivity index (χ2v) is 8.29. The van der Waals surface area contributed by atoms with Crippen molar-refractivity contribution in [1.29, 1.82) is 0 Å². The highest BCUT2D eigenvalue weighted by molar-refractivity contribution is 6.01. The monoisotopic (exact) mass is 493 g/mol. The first-order valence-corrected chi connectivity index (χ1v) is 11.3. The van der Waals surface area contributed by atoms with Crippen molar-refractivity contribution in [1.82, 2.24) is 4.57 Å². The van der Waals surface area contributed by atoms with Gasteiger partial charge in [-0.1, -0.05) is 30.3 Å². The molecule has 1 aromatic heterocycles. The van der Waals surface area contributed by atoms with Crippen molar-refractivity contribution in [3.63, 3.8) is 0 Å². The number of halogens is 2. The fourth-order valence-corrected chi connectivity index (χ4v) is 4.09. The molecule has 1 heterocycles. The van der Waals surface area contributed by atoms with Gasteiger partial charge in [0, 0.05) is 22.6 Å². The SMILES string of the molecule is Cc1cc(C(=O)C(C)OC(=O)COc2ccc3ccccc3c2)c(C)n1-c1ccc(OC(F)F)cc1. The van der Waals surface area contributed by atoms with Gasteiger partial charge in [-0.2, -0.15) is 8.78 Å². The lowest BCUT2D eigenvalue weighted by Gasteiger charge is -2.14. The number of alkyl halides is 2. The van der Waals surface area contributed by atoms with Crippen LogP contribution in [0.25, 0.3) is 16.5 Å². The molecule has 0 amide bonds. The van der Waals surface area contributed by atoms with Crippen molar-refractivity contribution in [2.24, 2.45) is 0 Å². The number of hydrogen-bond donors (Lipinski definition) is 0. The summed E-state index contributed by atoms with van der Waals surface area (Å²) in [6.07, 6.45) is -1.02. The van der Waals surface area contributed by atoms with Crippen molar-refractivity contribution >= 4 is 22.5 Å². The fourth-order valence-electron chi connectivity index (χ4n) is 4.09. The summed E-state index contributed by atoms with van der Waals surface area (Å²) in [6.45, 7) is 1.86. The van der Waals surface area contributed by atoms with Crippen LogP contribution in [0.1, 0.15) is 28.7 Å². The third-order valence-corrected chi connectivity index (χ3v) is 5.77. The number of nitrogens with zero attached hydrogens (tertiary/aromatic N) is 1. The van der Waals surface area contributed by atoms with Crippen molar-refractivity contribution < 1.29 is 32.6 Å². The Morgan fingerprint density at radius 1 is 0.889 bits per heavy atom. The smallest absolute Gasteiger partial charge is 0.387 e. The molecule has 36 heavy (non-hydrogen) atoms. The molecule has 0 saturated heterocycles. The number of fused-ring (bicyclic) bond motifs is 1. The van der Waals surface area contributed by atoms with Crippen molar-refractivity contribution in [3.8, 4) is 17.2 Å². The minimum Gasteiger partial charge on any atom is -0.482 e. The topological polar surface area (TPSA) is 66.8 Å². The summed E-state index contributed by atoms with van der Waals surface area (Å²) in [6, 6.07) is 21.1. The number of aryl methyl sites for hydroxylation is 1. The molecule has 0 saturated carbocycles. The molecule has 1 unspecified atom stereocenters. The molecule has 186 valence electrons. The lowest BCUT2D eigenvalue weighted by Crippen LogP contribution is -2.27. The molecular formula is C28H25F2NO5. The number of aromatic nitrogens is 1. The number of esters is 1. The van der Waals surface area contributed by atoms with Crippen LogP contribution in [0, 0.1) is 13.8 Å². The maximum absolute atomic E-state index is 13.1. The van der Waals surface area contributed by atoms with E-state index in [1.54, 1.807) is 31.2 Å². The molecular weight excluding hydrogens is 468 g/mol. The predicted octanol–water partition coefficient (Wildman–Crippen LogP) is 6.04. The van der Waals surface area contributed by atoms with Gasteiger partial charge >= 0.3 is 12.6 Å². The molecule has 6 nitrogen and oxygen atoms in total. The van der Waals surface area contributed by atoms with E-state index in [-0.39, 0.29) is 18.1 Å². The second kappa shape index (κ2) is 10.6. The van der Waals surface area contributed by atoms with Gasteiger partial charge in [0.2, 0.25) is 5.78 Å². The summed E-state index contributed by atoms with van der Waals surface area (Å²) < 4.78 is 41.9. The van der Waals surface area contributed by atoms with Crippen LogP contribution in [0.5, 0.6) is 11.5 Å². The molecule has 0 N–H and O–H groups in total. The number of ketones is 1. The van der Waals surface area contributed by atoms with Gasteiger partial charge in [0.25, 0.3) is 0 Å². The first-order valence-electron chi connectivity index (χ1n) is 11.3. The molecule has 4 rings (SSSR count). The van der Waals surface area contributed by atoms with E-state index in [4.69, 9.17) is 9.47 Å². The number of benzene rings is 3. The summed E-state index contributed by atoms with van der Waals surface area (Å²) in [5, 5.41) is 2.04. The molecule has 0 fully saturated rings. The molecule has 0 aliphatic rings. The highest BCUT2D eigenvalue weighted by Gasteiger charge is 2.24. The van der Waals surface area contributed by atoms with Gasteiger partial charge in [0.1, 0.15) is 11.5 Å². The Hall–Kier alpha value is -4.20. The van der Waals surface area contributed by atoms with E-state index in [0.717, 1.165) is 16.5 Å². The minimum absolute atomic E-state index is 0.0407. The van der Waals surface area contributed by atoms with Gasteiger partial charge in [-0.15, -0.1) is 0 Å². The van der Waals surface area contributed by atoms with Gasteiger partial charge in [0.15, 0.2) is 12.7 Å². The highest BCUT2D eigenvalue weighted by atomic mass is 19.3. The van der Waals surface area contributed by atoms with Crippen LogP contribution >= 0.6 is 0 Å². The number of Topliss-reactive ketones (excluding diaryl/α,β-unsaturated/α-hetero) is 1. The van der Waals surface area contributed by atoms with Gasteiger partial charge < -0.3 is 18.8 Å². The first kappa shape index (κ1) is 24.9. The van der Waals surface area contributed by atoms with E-state index in [1.807, 2.05) is 47.9 Å². The number of carbonyl (C=O) groups excluding carboxylic acids is 2. The molecule has 3 aromatic carbocycles. The van der Waals surface area contributed by atoms with E-state index < -0.39 is 18.7 Å². The third-order valence-electron chi connectivity index (χ3n) is 5.77. The summed E-state index contributed by atoms with van der Waals surface area (Å²) in [7, 11) is 0. The number of hydrogen-bond acceptors (Lipinski definition) is 5. The van der Waals surface area contributed by atoms with Crippen molar-refractivity contribution in [3.05, 3.63) is 89.7 Å². The zero-order valence-corrected chi connectivity index (χ0v) is 20.0. The van der Waals surface area contributed by atoms with E-state index in [1.165, 1.54) is 19.1 Å². The third kappa shape index (κ3) is 5.54. The molecule has 0 spiro atoms. The Balaban J connectivity index is 1.40. The zero-order chi connectivity index (χ0) is 25.8. The normalized spacial score (nSPS) is 11.9. The first-order chi connectivity index (χ1) is 17.2. The van der Waals surface area contributed by atoms with Crippen LogP contribution < -0.4 is 9.47 Å². The number of ether oxygens (including phenoxy) is 3. The molecule has 0 bridgehead atoms. The predicted molar refractivity (Wildman–Crippen MR) is 131 cm³/mol. The van der Waals surface area contributed by atoms with Crippen LogP contribution in [0.3, 0.4) is 0 Å². The summed E-state index contributed by atoms with van der Waals surface area (Å²) >= 11 is 0. The fraction of sp³-hybridized carbons (Fsp3) is 0.214. The van der Waals surface area contributed by atoms with Crippen molar-refractivity contribution in [2.75, 3.05) is 6.61 Å².